The summed E-state index contributed by atoms with van der Waals surface area (Å²) in [6.45, 7) is 5.08. The fraction of sp³-hybridized carbons (Fsp3) is 0.318. The highest BCUT2D eigenvalue weighted by molar-refractivity contribution is 6.12. The number of hydrogen-bond acceptors (Lipinski definition) is 6. The molecule has 1 aromatic carbocycles. The predicted molar refractivity (Wildman–Crippen MR) is 116 cm³/mol. The number of nitrogen functional groups attached to an aromatic ring is 1. The minimum Gasteiger partial charge on any atom is -0.508 e. The van der Waals surface area contributed by atoms with Crippen molar-refractivity contribution in [2.75, 3.05) is 23.7 Å². The Kier molecular flexibility index (Phi) is 4.42. The Bertz CT molecular complexity index is 1330. The second-order valence-electron chi connectivity index (χ2n) is 7.93. The van der Waals surface area contributed by atoms with E-state index in [1.807, 2.05) is 11.8 Å². The molecule has 3 N–H and O–H groups in total. The van der Waals surface area contributed by atoms with Crippen LogP contribution < -0.4 is 10.6 Å². The zero-order valence-corrected chi connectivity index (χ0v) is 17.2. The molecule has 0 unspecified atom stereocenters. The number of nitrogens with zero attached hydrogens (tertiary/aromatic N) is 5. The van der Waals surface area contributed by atoms with Gasteiger partial charge in [0.05, 0.1) is 16.8 Å². The van der Waals surface area contributed by atoms with Crippen molar-refractivity contribution in [2.24, 2.45) is 0 Å². The van der Waals surface area contributed by atoms with E-state index in [2.05, 4.69) is 15.0 Å². The van der Waals surface area contributed by atoms with Crippen LogP contribution in [0.25, 0.3) is 27.8 Å². The van der Waals surface area contributed by atoms with Crippen LogP contribution in [0.5, 0.6) is 5.75 Å². The van der Waals surface area contributed by atoms with E-state index in [4.69, 9.17) is 5.73 Å². The van der Waals surface area contributed by atoms with Crippen LogP contribution in [0.15, 0.2) is 24.5 Å². The molecule has 4 heterocycles. The van der Waals surface area contributed by atoms with Gasteiger partial charge in [-0.05, 0) is 44.4 Å². The number of pyridine rings is 1. The average Bonchev–Trinajstić information content (AvgIpc) is 3.38. The van der Waals surface area contributed by atoms with E-state index in [1.54, 1.807) is 29.7 Å². The minimum absolute atomic E-state index is 0.0976. The molecule has 1 fully saturated rings. The first-order valence-electron chi connectivity index (χ1n) is 10.2. The normalized spacial score (nSPS) is 14.4. The minimum atomic E-state index is -2.73. The first-order chi connectivity index (χ1) is 14.9. The number of alkyl halides is 2. The van der Waals surface area contributed by atoms with E-state index in [-0.39, 0.29) is 17.3 Å². The maximum atomic E-state index is 14.1. The fourth-order valence-electron chi connectivity index (χ4n) is 4.53. The quantitative estimate of drug-likeness (QED) is 0.506. The lowest BCUT2D eigenvalue weighted by atomic mass is 10.1. The monoisotopic (exact) mass is 424 g/mol. The van der Waals surface area contributed by atoms with Gasteiger partial charge in [-0.2, -0.15) is 0 Å². The zero-order chi connectivity index (χ0) is 21.9. The molecule has 0 bridgehead atoms. The highest BCUT2D eigenvalue weighted by atomic mass is 19.3. The van der Waals surface area contributed by atoms with Crippen LogP contribution in [0.1, 0.15) is 36.1 Å². The Morgan fingerprint density at radius 2 is 1.84 bits per heavy atom. The lowest BCUT2D eigenvalue weighted by molar-refractivity contribution is 0.147. The van der Waals surface area contributed by atoms with Gasteiger partial charge in [-0.15, -0.1) is 0 Å². The first kappa shape index (κ1) is 19.5. The fourth-order valence-corrected chi connectivity index (χ4v) is 4.53. The summed E-state index contributed by atoms with van der Waals surface area (Å²) in [4.78, 5) is 14.9. The Labute approximate surface area is 177 Å². The van der Waals surface area contributed by atoms with Crippen molar-refractivity contribution in [1.82, 2.24) is 19.5 Å². The van der Waals surface area contributed by atoms with Crippen LogP contribution in [0.3, 0.4) is 0 Å². The third-order valence-corrected chi connectivity index (χ3v) is 6.04. The molecule has 1 aliphatic heterocycles. The number of benzene rings is 1. The molecular formula is C22H22F2N6O. The number of halogens is 2. The SMILES string of the molecule is Cc1ccc(O)c(C)c1-n1c2nc(C(F)F)c(N3CCCC3)cc2c2c(N)ncnc21. The molecule has 1 aliphatic rings. The lowest BCUT2D eigenvalue weighted by Gasteiger charge is -2.21. The Morgan fingerprint density at radius 1 is 1.10 bits per heavy atom. The summed E-state index contributed by atoms with van der Waals surface area (Å²) in [5.41, 5.74) is 9.24. The highest BCUT2D eigenvalue weighted by Gasteiger charge is 2.27. The maximum absolute atomic E-state index is 14.1. The summed E-state index contributed by atoms with van der Waals surface area (Å²) in [6.07, 6.45) is 0.516. The summed E-state index contributed by atoms with van der Waals surface area (Å²) in [6, 6.07) is 5.11. The van der Waals surface area contributed by atoms with Gasteiger partial charge in [-0.3, -0.25) is 4.57 Å². The van der Waals surface area contributed by atoms with Crippen molar-refractivity contribution >= 4 is 33.6 Å². The molecule has 0 spiro atoms. The van der Waals surface area contributed by atoms with Crippen molar-refractivity contribution < 1.29 is 13.9 Å². The van der Waals surface area contributed by atoms with Crippen molar-refractivity contribution in [3.05, 3.63) is 41.3 Å². The van der Waals surface area contributed by atoms with Crippen molar-refractivity contribution in [3.63, 3.8) is 0 Å². The molecule has 3 aromatic heterocycles. The molecule has 160 valence electrons. The standard InChI is InChI=1S/C22H22F2N6O/c1-11-5-6-15(31)12(2)18(11)30-21-13(16-20(25)26-10-27-22(16)30)9-14(17(28-21)19(23)24)29-7-3-4-8-29/h5-6,9-10,19,31H,3-4,7-8H2,1-2H3,(H2,25,26,27). The van der Waals surface area contributed by atoms with Gasteiger partial charge < -0.3 is 15.7 Å². The van der Waals surface area contributed by atoms with Crippen LogP contribution in [0.4, 0.5) is 20.3 Å². The smallest absolute Gasteiger partial charge is 0.282 e. The third-order valence-electron chi connectivity index (χ3n) is 6.04. The number of aryl methyl sites for hydroxylation is 1. The van der Waals surface area contributed by atoms with Gasteiger partial charge >= 0.3 is 0 Å². The van der Waals surface area contributed by atoms with E-state index in [1.165, 1.54) is 6.33 Å². The Balaban J connectivity index is 1.95. The molecule has 0 aliphatic carbocycles. The number of fused-ring (bicyclic) bond motifs is 3. The predicted octanol–water partition coefficient (Wildman–Crippen LogP) is 4.41. The number of hydrogen-bond donors (Lipinski definition) is 2. The number of rotatable bonds is 3. The van der Waals surface area contributed by atoms with Gasteiger partial charge in [-0.25, -0.2) is 23.7 Å². The number of aromatic nitrogens is 4. The summed E-state index contributed by atoms with van der Waals surface area (Å²) < 4.78 is 29.9. The maximum Gasteiger partial charge on any atom is 0.282 e. The summed E-state index contributed by atoms with van der Waals surface area (Å²) >= 11 is 0. The van der Waals surface area contributed by atoms with Gasteiger partial charge in [0.1, 0.15) is 29.2 Å². The molecule has 4 aromatic rings. The van der Waals surface area contributed by atoms with Crippen molar-refractivity contribution in [2.45, 2.75) is 33.1 Å². The van der Waals surface area contributed by atoms with Crippen molar-refractivity contribution in [1.29, 1.82) is 0 Å². The van der Waals surface area contributed by atoms with Crippen molar-refractivity contribution in [3.8, 4) is 11.4 Å². The largest absolute Gasteiger partial charge is 0.508 e. The molecule has 0 atom stereocenters. The molecular weight excluding hydrogens is 402 g/mol. The Hall–Kier alpha value is -3.49. The molecule has 0 saturated carbocycles. The molecule has 0 amide bonds. The second kappa shape index (κ2) is 7.04. The van der Waals surface area contributed by atoms with Gasteiger partial charge in [-0.1, -0.05) is 6.07 Å². The van der Waals surface area contributed by atoms with Crippen LogP contribution in [0.2, 0.25) is 0 Å². The molecule has 7 nitrogen and oxygen atoms in total. The van der Waals surface area contributed by atoms with Crippen LogP contribution >= 0.6 is 0 Å². The van der Waals surface area contributed by atoms with E-state index < -0.39 is 6.43 Å². The van der Waals surface area contributed by atoms with E-state index >= 15 is 0 Å². The number of phenolic OH excluding ortho intramolecular Hbond substituents is 1. The van der Waals surface area contributed by atoms with Crippen LogP contribution in [-0.2, 0) is 0 Å². The third kappa shape index (κ3) is 2.87. The zero-order valence-electron chi connectivity index (χ0n) is 17.2. The number of anilines is 2. The first-order valence-corrected chi connectivity index (χ1v) is 10.2. The van der Waals surface area contributed by atoms with Crippen LogP contribution in [-0.4, -0.2) is 37.7 Å². The molecule has 0 radical (unpaired) electrons. The molecule has 1 saturated heterocycles. The van der Waals surface area contributed by atoms with E-state index in [0.29, 0.717) is 52.1 Å². The highest BCUT2D eigenvalue weighted by Crippen LogP contribution is 2.40. The number of nitrogens with two attached hydrogens (primary N) is 1. The molecule has 9 heteroatoms. The number of aromatic hydroxyl groups is 1. The molecule has 31 heavy (non-hydrogen) atoms. The second-order valence-corrected chi connectivity index (χ2v) is 7.93. The topological polar surface area (TPSA) is 93.1 Å². The Morgan fingerprint density at radius 3 is 2.55 bits per heavy atom. The summed E-state index contributed by atoms with van der Waals surface area (Å²) in [5.74, 6) is 0.351. The van der Waals surface area contributed by atoms with Crippen LogP contribution in [0, 0.1) is 13.8 Å². The summed E-state index contributed by atoms with van der Waals surface area (Å²) in [7, 11) is 0. The van der Waals surface area contributed by atoms with E-state index in [0.717, 1.165) is 18.4 Å². The van der Waals surface area contributed by atoms with Gasteiger partial charge in [0.25, 0.3) is 6.43 Å². The average molecular weight is 424 g/mol. The van der Waals surface area contributed by atoms with Gasteiger partial charge in [0.15, 0.2) is 5.65 Å². The van der Waals surface area contributed by atoms with Gasteiger partial charge in [0, 0.05) is 24.0 Å². The lowest BCUT2D eigenvalue weighted by Crippen LogP contribution is -2.20. The molecule has 5 rings (SSSR count). The van der Waals surface area contributed by atoms with E-state index in [9.17, 15) is 13.9 Å². The summed E-state index contributed by atoms with van der Waals surface area (Å²) in [5, 5.41) is 11.5. The number of phenols is 1. The van der Waals surface area contributed by atoms with Gasteiger partial charge in [0.2, 0.25) is 0 Å².